The summed E-state index contributed by atoms with van der Waals surface area (Å²) < 4.78 is 10.4. The van der Waals surface area contributed by atoms with Gasteiger partial charge in [-0.3, -0.25) is 4.79 Å². The summed E-state index contributed by atoms with van der Waals surface area (Å²) in [4.78, 5) is 28.1. The number of hydrogen-bond acceptors (Lipinski definition) is 7. The van der Waals surface area contributed by atoms with E-state index in [1.54, 1.807) is 6.92 Å². The van der Waals surface area contributed by atoms with Crippen molar-refractivity contribution in [3.05, 3.63) is 10.6 Å². The molecule has 1 saturated heterocycles. The van der Waals surface area contributed by atoms with Crippen molar-refractivity contribution in [2.24, 2.45) is 0 Å². The number of aromatic nitrogens is 1. The SMILES string of the molecule is CCOC(=O)c1nc(NC2(C)CCCOC2)sc1C(C)=O. The molecule has 2 heterocycles. The van der Waals surface area contributed by atoms with Crippen LogP contribution >= 0.6 is 11.3 Å². The lowest BCUT2D eigenvalue weighted by atomic mass is 9.95. The number of anilines is 1. The lowest BCUT2D eigenvalue weighted by molar-refractivity contribution is 0.0516. The lowest BCUT2D eigenvalue weighted by Crippen LogP contribution is -2.43. The molecule has 7 heteroatoms. The molecule has 0 spiro atoms. The van der Waals surface area contributed by atoms with E-state index in [-0.39, 0.29) is 23.6 Å². The Morgan fingerprint density at radius 1 is 1.52 bits per heavy atom. The van der Waals surface area contributed by atoms with Gasteiger partial charge in [0.05, 0.1) is 18.8 Å². The number of rotatable bonds is 5. The van der Waals surface area contributed by atoms with E-state index in [1.807, 2.05) is 6.92 Å². The zero-order valence-corrected chi connectivity index (χ0v) is 13.3. The molecule has 0 aliphatic carbocycles. The molecule has 1 unspecified atom stereocenters. The molecule has 1 atom stereocenters. The van der Waals surface area contributed by atoms with Gasteiger partial charge in [0.15, 0.2) is 16.6 Å². The summed E-state index contributed by atoms with van der Waals surface area (Å²) in [5, 5.41) is 3.84. The van der Waals surface area contributed by atoms with Gasteiger partial charge in [0, 0.05) is 13.5 Å². The maximum absolute atomic E-state index is 11.9. The van der Waals surface area contributed by atoms with Gasteiger partial charge in [0.25, 0.3) is 0 Å². The first-order valence-electron chi connectivity index (χ1n) is 7.00. The van der Waals surface area contributed by atoms with Gasteiger partial charge in [-0.1, -0.05) is 11.3 Å². The monoisotopic (exact) mass is 312 g/mol. The van der Waals surface area contributed by atoms with Crippen LogP contribution in [0.3, 0.4) is 0 Å². The van der Waals surface area contributed by atoms with Crippen molar-refractivity contribution in [1.82, 2.24) is 4.98 Å². The molecule has 1 fully saturated rings. The van der Waals surface area contributed by atoms with Crippen molar-refractivity contribution in [2.75, 3.05) is 25.1 Å². The van der Waals surface area contributed by atoms with Crippen LogP contribution in [-0.4, -0.2) is 42.1 Å². The largest absolute Gasteiger partial charge is 0.461 e. The number of thiazole rings is 1. The molecule has 0 aromatic carbocycles. The molecule has 0 saturated carbocycles. The van der Waals surface area contributed by atoms with Gasteiger partial charge >= 0.3 is 5.97 Å². The second kappa shape index (κ2) is 6.53. The molecule has 116 valence electrons. The Kier molecular flexibility index (Phi) is 4.95. The Labute approximate surface area is 127 Å². The van der Waals surface area contributed by atoms with Crippen LogP contribution < -0.4 is 5.32 Å². The molecule has 0 bridgehead atoms. The van der Waals surface area contributed by atoms with Gasteiger partial charge in [-0.2, -0.15) is 0 Å². The van der Waals surface area contributed by atoms with Crippen LogP contribution in [0.2, 0.25) is 0 Å². The molecule has 1 aromatic rings. The number of hydrogen-bond donors (Lipinski definition) is 1. The van der Waals surface area contributed by atoms with Gasteiger partial charge < -0.3 is 14.8 Å². The molecule has 0 radical (unpaired) electrons. The zero-order chi connectivity index (χ0) is 15.5. The van der Waals surface area contributed by atoms with Crippen molar-refractivity contribution in [3.8, 4) is 0 Å². The molecule has 0 amide bonds. The number of esters is 1. The minimum atomic E-state index is -0.558. The molecule has 21 heavy (non-hydrogen) atoms. The first-order chi connectivity index (χ1) is 9.95. The summed E-state index contributed by atoms with van der Waals surface area (Å²) in [6.07, 6.45) is 1.93. The van der Waals surface area contributed by atoms with E-state index in [0.717, 1.165) is 19.4 Å². The van der Waals surface area contributed by atoms with Gasteiger partial charge in [-0.25, -0.2) is 9.78 Å². The van der Waals surface area contributed by atoms with E-state index in [4.69, 9.17) is 9.47 Å². The van der Waals surface area contributed by atoms with Crippen molar-refractivity contribution < 1.29 is 19.1 Å². The third-order valence-electron chi connectivity index (χ3n) is 3.26. The molecule has 1 N–H and O–H groups in total. The molecular formula is C14H20N2O4S. The number of carbonyl (C=O) groups is 2. The van der Waals surface area contributed by atoms with Crippen LogP contribution in [0.25, 0.3) is 0 Å². The average molecular weight is 312 g/mol. The van der Waals surface area contributed by atoms with E-state index >= 15 is 0 Å². The molecule has 6 nitrogen and oxygen atoms in total. The normalized spacial score (nSPS) is 21.9. The second-order valence-corrected chi connectivity index (χ2v) is 6.31. The van der Waals surface area contributed by atoms with Crippen LogP contribution in [-0.2, 0) is 9.47 Å². The highest BCUT2D eigenvalue weighted by molar-refractivity contribution is 7.17. The van der Waals surface area contributed by atoms with Gasteiger partial charge in [-0.15, -0.1) is 0 Å². The summed E-state index contributed by atoms with van der Waals surface area (Å²) in [5.74, 6) is -0.745. The Hall–Kier alpha value is -1.47. The summed E-state index contributed by atoms with van der Waals surface area (Å²) in [6.45, 7) is 6.79. The standard InChI is InChI=1S/C14H20N2O4S/c1-4-20-12(18)10-11(9(2)17)21-13(15-10)16-14(3)6-5-7-19-8-14/h4-8H2,1-3H3,(H,15,16). The maximum atomic E-state index is 11.9. The van der Waals surface area contributed by atoms with Crippen LogP contribution in [0.1, 0.15) is 53.8 Å². The summed E-state index contributed by atoms with van der Waals surface area (Å²) in [6, 6.07) is 0. The molecule has 1 aromatic heterocycles. The van der Waals surface area contributed by atoms with Gasteiger partial charge in [-0.05, 0) is 26.7 Å². The number of ether oxygens (including phenoxy) is 2. The number of Topliss-reactive ketones (excluding diaryl/α,β-unsaturated/α-hetero) is 1. The average Bonchev–Trinajstić information content (AvgIpc) is 2.83. The fourth-order valence-corrected chi connectivity index (χ4v) is 3.24. The number of carbonyl (C=O) groups excluding carboxylic acids is 2. The zero-order valence-electron chi connectivity index (χ0n) is 12.5. The third-order valence-corrected chi connectivity index (χ3v) is 4.33. The summed E-state index contributed by atoms with van der Waals surface area (Å²) in [7, 11) is 0. The topological polar surface area (TPSA) is 77.5 Å². The summed E-state index contributed by atoms with van der Waals surface area (Å²) >= 11 is 1.19. The number of nitrogens with one attached hydrogen (secondary N) is 1. The van der Waals surface area contributed by atoms with Crippen molar-refractivity contribution in [1.29, 1.82) is 0 Å². The quantitative estimate of drug-likeness (QED) is 0.665. The first-order valence-corrected chi connectivity index (χ1v) is 7.81. The van der Waals surface area contributed by atoms with Crippen LogP contribution in [0.5, 0.6) is 0 Å². The van der Waals surface area contributed by atoms with Crippen molar-refractivity contribution in [3.63, 3.8) is 0 Å². The minimum absolute atomic E-state index is 0.0946. The highest BCUT2D eigenvalue weighted by Gasteiger charge is 2.30. The molecule has 1 aliphatic heterocycles. The van der Waals surface area contributed by atoms with Crippen molar-refractivity contribution in [2.45, 2.75) is 39.2 Å². The fourth-order valence-electron chi connectivity index (χ4n) is 2.24. The third kappa shape index (κ3) is 3.79. The Morgan fingerprint density at radius 3 is 2.86 bits per heavy atom. The molecule has 1 aliphatic rings. The number of ketones is 1. The lowest BCUT2D eigenvalue weighted by Gasteiger charge is -2.34. The van der Waals surface area contributed by atoms with Crippen LogP contribution in [0.15, 0.2) is 0 Å². The highest BCUT2D eigenvalue weighted by atomic mass is 32.1. The van der Waals surface area contributed by atoms with Crippen molar-refractivity contribution >= 4 is 28.2 Å². The van der Waals surface area contributed by atoms with Crippen LogP contribution in [0.4, 0.5) is 5.13 Å². The number of nitrogens with zero attached hydrogens (tertiary/aromatic N) is 1. The van der Waals surface area contributed by atoms with Gasteiger partial charge in [0.1, 0.15) is 4.88 Å². The predicted octanol–water partition coefficient (Wildman–Crippen LogP) is 2.50. The fraction of sp³-hybridized carbons (Fsp3) is 0.643. The van der Waals surface area contributed by atoms with E-state index in [0.29, 0.717) is 16.6 Å². The Bertz CT molecular complexity index is 535. The minimum Gasteiger partial charge on any atom is -0.461 e. The molecular weight excluding hydrogens is 292 g/mol. The Morgan fingerprint density at radius 2 is 2.29 bits per heavy atom. The smallest absolute Gasteiger partial charge is 0.358 e. The van der Waals surface area contributed by atoms with E-state index < -0.39 is 5.97 Å². The molecule has 2 rings (SSSR count). The maximum Gasteiger partial charge on any atom is 0.358 e. The Balaban J connectivity index is 2.22. The van der Waals surface area contributed by atoms with E-state index in [2.05, 4.69) is 10.3 Å². The van der Waals surface area contributed by atoms with E-state index in [1.165, 1.54) is 18.3 Å². The second-order valence-electron chi connectivity index (χ2n) is 5.32. The highest BCUT2D eigenvalue weighted by Crippen LogP contribution is 2.29. The first kappa shape index (κ1) is 15.9. The van der Waals surface area contributed by atoms with Crippen LogP contribution in [0, 0.1) is 0 Å². The summed E-state index contributed by atoms with van der Waals surface area (Å²) in [5.41, 5.74) is -0.131. The van der Waals surface area contributed by atoms with Gasteiger partial charge in [0.2, 0.25) is 0 Å². The predicted molar refractivity (Wildman–Crippen MR) is 80.2 cm³/mol. The van der Waals surface area contributed by atoms with E-state index in [9.17, 15) is 9.59 Å².